The molecule has 3 rings (SSSR count). The van der Waals surface area contributed by atoms with Crippen LogP contribution in [0.3, 0.4) is 0 Å². The molecule has 5 heteroatoms. The number of hydrogen-bond donors (Lipinski definition) is 0. The van der Waals surface area contributed by atoms with Crippen molar-refractivity contribution >= 4 is 23.1 Å². The van der Waals surface area contributed by atoms with Crippen LogP contribution in [0.5, 0.6) is 11.5 Å². The molecule has 0 spiro atoms. The molecule has 2 aromatic carbocycles. The number of rotatable bonds is 5. The maximum atomic E-state index is 11.5. The Morgan fingerprint density at radius 1 is 0.964 bits per heavy atom. The number of nitrogens with zero attached hydrogens (tertiary/aromatic N) is 1. The third kappa shape index (κ3) is 3.47. The number of hydrogen-bond acceptors (Lipinski definition) is 3. The number of halogens is 1. The van der Waals surface area contributed by atoms with E-state index in [1.54, 1.807) is 37.3 Å². The zero-order valence-corrected chi connectivity index (χ0v) is 17.5. The Morgan fingerprint density at radius 3 is 1.93 bits per heavy atom. The smallest absolute Gasteiger partial charge is 0.205 e. The van der Waals surface area contributed by atoms with E-state index in [4.69, 9.17) is 27.6 Å². The number of ether oxygens (including phenoxy) is 2. The van der Waals surface area contributed by atoms with Crippen LogP contribution in [0.2, 0.25) is 5.02 Å². The molecule has 1 aliphatic rings. The summed E-state index contributed by atoms with van der Waals surface area (Å²) in [6.45, 7) is 17.1. The summed E-state index contributed by atoms with van der Waals surface area (Å²) in [5.74, 6) is 1.42. The second-order valence-corrected chi connectivity index (χ2v) is 8.85. The van der Waals surface area contributed by atoms with Crippen molar-refractivity contribution in [2.24, 2.45) is 10.8 Å². The first-order chi connectivity index (χ1) is 13.1. The molecule has 4 nitrogen and oxygen atoms in total. The highest BCUT2D eigenvalue weighted by Crippen LogP contribution is 2.57. The van der Waals surface area contributed by atoms with E-state index in [0.717, 1.165) is 5.75 Å². The van der Waals surface area contributed by atoms with E-state index in [2.05, 4.69) is 32.5 Å². The highest BCUT2D eigenvalue weighted by molar-refractivity contribution is 6.33. The maximum absolute atomic E-state index is 11.5. The van der Waals surface area contributed by atoms with Crippen LogP contribution in [-0.4, -0.2) is 18.0 Å². The zero-order valence-electron chi connectivity index (χ0n) is 16.7. The van der Waals surface area contributed by atoms with Crippen molar-refractivity contribution in [3.8, 4) is 11.5 Å². The van der Waals surface area contributed by atoms with Crippen LogP contribution in [-0.2, 0) is 0 Å². The second-order valence-electron chi connectivity index (χ2n) is 8.44. The molecule has 1 fully saturated rings. The van der Waals surface area contributed by atoms with Gasteiger partial charge in [0.05, 0.1) is 11.6 Å². The van der Waals surface area contributed by atoms with E-state index in [1.165, 1.54) is 0 Å². The summed E-state index contributed by atoms with van der Waals surface area (Å²) in [7, 11) is 0. The minimum Gasteiger partial charge on any atom is -0.489 e. The minimum absolute atomic E-state index is 0.0345. The first-order valence-electron chi connectivity index (χ1n) is 9.18. The third-order valence-corrected chi connectivity index (χ3v) is 5.81. The molecule has 0 aromatic heterocycles. The lowest BCUT2D eigenvalue weighted by atomic mass is 9.51. The van der Waals surface area contributed by atoms with Crippen LogP contribution in [0, 0.1) is 17.4 Å². The second kappa shape index (κ2) is 7.14. The van der Waals surface area contributed by atoms with Gasteiger partial charge < -0.3 is 9.47 Å². The molecule has 1 aliphatic carbocycles. The van der Waals surface area contributed by atoms with Crippen molar-refractivity contribution < 1.29 is 14.3 Å². The Balaban J connectivity index is 1.77. The van der Waals surface area contributed by atoms with Crippen LogP contribution < -0.4 is 9.47 Å². The van der Waals surface area contributed by atoms with E-state index in [0.29, 0.717) is 22.0 Å². The van der Waals surface area contributed by atoms with Crippen molar-refractivity contribution in [3.05, 3.63) is 64.5 Å². The molecule has 0 aliphatic heterocycles. The van der Waals surface area contributed by atoms with E-state index >= 15 is 0 Å². The number of ketones is 1. The number of benzene rings is 2. The molecule has 0 radical (unpaired) electrons. The van der Waals surface area contributed by atoms with Gasteiger partial charge in [-0.3, -0.25) is 4.79 Å². The summed E-state index contributed by atoms with van der Waals surface area (Å²) in [6.07, 6.45) is -0.150. The number of Topliss-reactive ketones (excluding diaryl/α,β-unsaturated/α-hetero) is 1. The molecular weight excluding hydrogens is 374 g/mol. The predicted octanol–water partition coefficient (Wildman–Crippen LogP) is 6.35. The van der Waals surface area contributed by atoms with Crippen molar-refractivity contribution in [2.45, 2.75) is 46.8 Å². The van der Waals surface area contributed by atoms with Gasteiger partial charge in [-0.05, 0) is 43.3 Å². The molecule has 2 aromatic rings. The summed E-state index contributed by atoms with van der Waals surface area (Å²) in [5, 5.41) is 0.390. The van der Waals surface area contributed by atoms with Crippen LogP contribution >= 0.6 is 11.6 Å². The fourth-order valence-corrected chi connectivity index (χ4v) is 4.61. The monoisotopic (exact) mass is 397 g/mol. The topological polar surface area (TPSA) is 39.9 Å². The van der Waals surface area contributed by atoms with Crippen LogP contribution in [0.4, 0.5) is 5.69 Å². The van der Waals surface area contributed by atoms with Gasteiger partial charge in [0.25, 0.3) is 0 Å². The number of carbonyl (C=O) groups is 1. The van der Waals surface area contributed by atoms with Crippen LogP contribution in [0.15, 0.2) is 42.5 Å². The van der Waals surface area contributed by atoms with Crippen molar-refractivity contribution in [1.82, 2.24) is 0 Å². The minimum atomic E-state index is -0.242. The fourth-order valence-electron chi connectivity index (χ4n) is 4.40. The summed E-state index contributed by atoms with van der Waals surface area (Å²) >= 11 is 6.14. The van der Waals surface area contributed by atoms with Crippen molar-refractivity contribution in [2.75, 3.05) is 0 Å². The van der Waals surface area contributed by atoms with Crippen LogP contribution in [0.25, 0.3) is 4.85 Å². The third-order valence-electron chi connectivity index (χ3n) is 5.51. The normalized spacial score (nSPS) is 21.9. The largest absolute Gasteiger partial charge is 0.489 e. The first kappa shape index (κ1) is 20.2. The summed E-state index contributed by atoms with van der Waals surface area (Å²) in [6, 6.07) is 12.4. The van der Waals surface area contributed by atoms with E-state index in [9.17, 15) is 4.79 Å². The lowest BCUT2D eigenvalue weighted by molar-refractivity contribution is -0.224. The van der Waals surface area contributed by atoms with Gasteiger partial charge in [0.15, 0.2) is 5.78 Å². The molecule has 0 atom stereocenters. The Hall–Kier alpha value is -2.51. The van der Waals surface area contributed by atoms with Gasteiger partial charge in [-0.15, -0.1) is 0 Å². The van der Waals surface area contributed by atoms with Crippen molar-refractivity contribution in [3.63, 3.8) is 0 Å². The Kier molecular flexibility index (Phi) is 5.16. The maximum Gasteiger partial charge on any atom is 0.205 e. The molecule has 0 unspecified atom stereocenters. The number of carbonyl (C=O) groups excluding carboxylic acids is 1. The van der Waals surface area contributed by atoms with Gasteiger partial charge in [0.1, 0.15) is 23.7 Å². The lowest BCUT2D eigenvalue weighted by Crippen LogP contribution is -2.71. The average molecular weight is 398 g/mol. The van der Waals surface area contributed by atoms with Crippen molar-refractivity contribution in [1.29, 1.82) is 0 Å². The Morgan fingerprint density at radius 2 is 1.46 bits per heavy atom. The Labute approximate surface area is 171 Å². The standard InChI is InChI=1S/C23H24ClNO3/c1-14(26)15-7-9-16(10-8-15)27-20-22(2,3)21(23(20,4)5)28-17-11-12-19(25-6)18(24)13-17/h7-13,20-21H,1-5H3. The highest BCUT2D eigenvalue weighted by atomic mass is 35.5. The average Bonchev–Trinajstić information content (AvgIpc) is 2.64. The summed E-state index contributed by atoms with van der Waals surface area (Å²) in [4.78, 5) is 14.8. The van der Waals surface area contributed by atoms with Gasteiger partial charge >= 0.3 is 0 Å². The summed E-state index contributed by atoms with van der Waals surface area (Å²) < 4.78 is 12.6. The van der Waals surface area contributed by atoms with E-state index in [1.807, 2.05) is 12.1 Å². The van der Waals surface area contributed by atoms with Gasteiger partial charge in [0, 0.05) is 16.4 Å². The van der Waals surface area contributed by atoms with Gasteiger partial charge in [-0.2, -0.15) is 0 Å². The Bertz CT molecular complexity index is 925. The highest BCUT2D eigenvalue weighted by Gasteiger charge is 2.65. The van der Waals surface area contributed by atoms with E-state index < -0.39 is 0 Å². The van der Waals surface area contributed by atoms with E-state index in [-0.39, 0.29) is 28.8 Å². The molecule has 0 bridgehead atoms. The lowest BCUT2D eigenvalue weighted by Gasteiger charge is -2.62. The molecule has 0 N–H and O–H groups in total. The first-order valence-corrected chi connectivity index (χ1v) is 9.56. The van der Waals surface area contributed by atoms with Gasteiger partial charge in [-0.25, -0.2) is 4.85 Å². The SMILES string of the molecule is [C-]#[N+]c1ccc(OC2C(C)(C)C(Oc3ccc(C(C)=O)cc3)C2(C)C)cc1Cl. The fraction of sp³-hybridized carbons (Fsp3) is 0.391. The molecule has 0 amide bonds. The molecule has 0 heterocycles. The molecular formula is C23H24ClNO3. The predicted molar refractivity (Wildman–Crippen MR) is 111 cm³/mol. The molecule has 0 saturated heterocycles. The quantitative estimate of drug-likeness (QED) is 0.435. The zero-order chi connectivity index (χ0) is 20.7. The van der Waals surface area contributed by atoms with Crippen LogP contribution in [0.1, 0.15) is 45.0 Å². The molecule has 28 heavy (non-hydrogen) atoms. The molecule has 1 saturated carbocycles. The molecule has 146 valence electrons. The van der Waals surface area contributed by atoms with Gasteiger partial charge in [-0.1, -0.05) is 45.4 Å². The summed E-state index contributed by atoms with van der Waals surface area (Å²) in [5.41, 5.74) is 0.596. The van der Waals surface area contributed by atoms with Gasteiger partial charge in [0.2, 0.25) is 5.69 Å².